The fraction of sp³-hybridized carbons (Fsp3) is 0.222. The van der Waals surface area contributed by atoms with Gasteiger partial charge < -0.3 is 4.90 Å². The zero-order valence-corrected chi connectivity index (χ0v) is 13.0. The first-order valence-corrected chi connectivity index (χ1v) is 9.32. The van der Waals surface area contributed by atoms with Crippen LogP contribution in [0.1, 0.15) is 0 Å². The van der Waals surface area contributed by atoms with Crippen LogP contribution in [0.4, 0.5) is 5.69 Å². The van der Waals surface area contributed by atoms with Crippen LogP contribution < -0.4 is 4.90 Å². The van der Waals surface area contributed by atoms with E-state index < -0.39 is 9.84 Å². The molecule has 0 unspecified atom stereocenters. The fourth-order valence-electron chi connectivity index (χ4n) is 3.27. The highest BCUT2D eigenvalue weighted by molar-refractivity contribution is 7.91. The van der Waals surface area contributed by atoms with Gasteiger partial charge in [0.05, 0.1) is 17.2 Å². The normalized spacial score (nSPS) is 17.9. The van der Waals surface area contributed by atoms with Crippen molar-refractivity contribution < 1.29 is 8.42 Å². The average Bonchev–Trinajstić information content (AvgIpc) is 2.53. The zero-order chi connectivity index (χ0) is 15.2. The largest absolute Gasteiger partial charge is 0.368 e. The second-order valence-electron chi connectivity index (χ2n) is 5.81. The van der Waals surface area contributed by atoms with Crippen LogP contribution in [0, 0.1) is 0 Å². The predicted octanol–water partition coefficient (Wildman–Crippen LogP) is 3.23. The molecular formula is C18H17NO2S. The van der Waals surface area contributed by atoms with Crippen LogP contribution in [0.25, 0.3) is 21.5 Å². The molecule has 0 amide bonds. The van der Waals surface area contributed by atoms with Gasteiger partial charge in [0.15, 0.2) is 9.84 Å². The molecule has 3 aromatic carbocycles. The summed E-state index contributed by atoms with van der Waals surface area (Å²) in [5, 5.41) is 4.79. The quantitative estimate of drug-likeness (QED) is 0.648. The van der Waals surface area contributed by atoms with E-state index in [0.29, 0.717) is 13.1 Å². The number of rotatable bonds is 1. The first-order chi connectivity index (χ1) is 10.6. The molecule has 112 valence electrons. The summed E-state index contributed by atoms with van der Waals surface area (Å²) in [5.41, 5.74) is 1.17. The minimum absolute atomic E-state index is 0.241. The third-order valence-electron chi connectivity index (χ3n) is 4.40. The van der Waals surface area contributed by atoms with E-state index >= 15 is 0 Å². The lowest BCUT2D eigenvalue weighted by molar-refractivity contribution is 0.587. The van der Waals surface area contributed by atoms with Gasteiger partial charge in [0.25, 0.3) is 0 Å². The van der Waals surface area contributed by atoms with E-state index in [0.717, 1.165) is 0 Å². The Morgan fingerprint density at radius 1 is 0.773 bits per heavy atom. The van der Waals surface area contributed by atoms with Crippen LogP contribution in [0.2, 0.25) is 0 Å². The topological polar surface area (TPSA) is 37.4 Å². The molecule has 0 saturated carbocycles. The molecule has 1 heterocycles. The number of nitrogens with zero attached hydrogens (tertiary/aromatic N) is 1. The number of hydrogen-bond acceptors (Lipinski definition) is 3. The first kappa shape index (κ1) is 13.6. The number of sulfone groups is 1. The minimum atomic E-state index is -2.87. The summed E-state index contributed by atoms with van der Waals surface area (Å²) in [6.45, 7) is 1.14. The Morgan fingerprint density at radius 3 is 1.82 bits per heavy atom. The van der Waals surface area contributed by atoms with Gasteiger partial charge in [0, 0.05) is 23.9 Å². The molecule has 0 aromatic heterocycles. The zero-order valence-electron chi connectivity index (χ0n) is 12.2. The van der Waals surface area contributed by atoms with Gasteiger partial charge in [-0.25, -0.2) is 8.42 Å². The minimum Gasteiger partial charge on any atom is -0.368 e. The van der Waals surface area contributed by atoms with Crippen LogP contribution in [0.5, 0.6) is 0 Å². The monoisotopic (exact) mass is 311 g/mol. The summed E-state index contributed by atoms with van der Waals surface area (Å²) in [6, 6.07) is 18.9. The van der Waals surface area contributed by atoms with Crippen LogP contribution in [0.3, 0.4) is 0 Å². The van der Waals surface area contributed by atoms with Crippen LogP contribution >= 0.6 is 0 Å². The summed E-state index contributed by atoms with van der Waals surface area (Å²) in [4.78, 5) is 2.23. The predicted molar refractivity (Wildman–Crippen MR) is 92.3 cm³/mol. The van der Waals surface area contributed by atoms with Gasteiger partial charge in [0.2, 0.25) is 0 Å². The lowest BCUT2D eigenvalue weighted by Crippen LogP contribution is -2.40. The van der Waals surface area contributed by atoms with E-state index in [1.807, 2.05) is 24.3 Å². The maximum Gasteiger partial charge on any atom is 0.153 e. The van der Waals surface area contributed by atoms with Crippen molar-refractivity contribution in [1.82, 2.24) is 0 Å². The van der Waals surface area contributed by atoms with Crippen molar-refractivity contribution in [2.24, 2.45) is 0 Å². The number of anilines is 1. The van der Waals surface area contributed by atoms with Crippen LogP contribution in [-0.4, -0.2) is 33.0 Å². The smallest absolute Gasteiger partial charge is 0.153 e. The van der Waals surface area contributed by atoms with E-state index in [1.54, 1.807) is 0 Å². The molecule has 22 heavy (non-hydrogen) atoms. The Morgan fingerprint density at radius 2 is 1.27 bits per heavy atom. The molecule has 0 spiro atoms. The Kier molecular flexibility index (Phi) is 3.08. The van der Waals surface area contributed by atoms with E-state index in [-0.39, 0.29) is 11.5 Å². The molecule has 0 radical (unpaired) electrons. The molecule has 0 atom stereocenters. The Labute approximate surface area is 130 Å². The molecule has 1 aliphatic rings. The summed E-state index contributed by atoms with van der Waals surface area (Å²) in [7, 11) is -2.87. The van der Waals surface area contributed by atoms with Gasteiger partial charge in [-0.3, -0.25) is 0 Å². The molecule has 3 nitrogen and oxygen atoms in total. The van der Waals surface area contributed by atoms with Crippen molar-refractivity contribution in [3.63, 3.8) is 0 Å². The van der Waals surface area contributed by atoms with Crippen molar-refractivity contribution in [2.45, 2.75) is 0 Å². The molecule has 1 aliphatic heterocycles. The van der Waals surface area contributed by atoms with Crippen LogP contribution in [0.15, 0.2) is 54.6 Å². The van der Waals surface area contributed by atoms with Crippen molar-refractivity contribution in [3.8, 4) is 0 Å². The molecule has 4 rings (SSSR count). The number of fused-ring (bicyclic) bond motifs is 2. The molecule has 0 bridgehead atoms. The van der Waals surface area contributed by atoms with Crippen molar-refractivity contribution in [2.75, 3.05) is 29.5 Å². The van der Waals surface area contributed by atoms with Crippen molar-refractivity contribution >= 4 is 37.1 Å². The van der Waals surface area contributed by atoms with E-state index in [4.69, 9.17) is 0 Å². The van der Waals surface area contributed by atoms with Crippen molar-refractivity contribution in [3.05, 3.63) is 54.6 Å². The molecule has 0 aliphatic carbocycles. The second-order valence-corrected chi connectivity index (χ2v) is 8.11. The van der Waals surface area contributed by atoms with E-state index in [9.17, 15) is 8.42 Å². The van der Waals surface area contributed by atoms with E-state index in [2.05, 4.69) is 35.2 Å². The van der Waals surface area contributed by atoms with Gasteiger partial charge in [-0.05, 0) is 16.8 Å². The third-order valence-corrected chi connectivity index (χ3v) is 6.01. The number of hydrogen-bond donors (Lipinski definition) is 0. The lowest BCUT2D eigenvalue weighted by Gasteiger charge is -2.31. The molecule has 1 saturated heterocycles. The average molecular weight is 311 g/mol. The molecule has 0 N–H and O–H groups in total. The molecule has 3 aromatic rings. The highest BCUT2D eigenvalue weighted by Crippen LogP contribution is 2.36. The maximum absolute atomic E-state index is 11.7. The number of benzene rings is 3. The van der Waals surface area contributed by atoms with Gasteiger partial charge in [-0.1, -0.05) is 48.5 Å². The summed E-state index contributed by atoms with van der Waals surface area (Å²) < 4.78 is 23.5. The SMILES string of the molecule is O=S1(=O)CCN(c2c3ccccc3cc3ccccc23)CC1. The van der Waals surface area contributed by atoms with Crippen molar-refractivity contribution in [1.29, 1.82) is 0 Å². The van der Waals surface area contributed by atoms with Gasteiger partial charge >= 0.3 is 0 Å². The lowest BCUT2D eigenvalue weighted by atomic mass is 10.00. The summed E-state index contributed by atoms with van der Waals surface area (Å²) >= 11 is 0. The Bertz CT molecular complexity index is 895. The standard InChI is InChI=1S/C18H17NO2S/c20-22(21)11-9-19(10-12-22)18-16-7-3-1-5-14(16)13-15-6-2-4-8-17(15)18/h1-8,13H,9-12H2. The van der Waals surface area contributed by atoms with Crippen LogP contribution in [-0.2, 0) is 9.84 Å². The van der Waals surface area contributed by atoms with Gasteiger partial charge in [-0.15, -0.1) is 0 Å². The van der Waals surface area contributed by atoms with Gasteiger partial charge in [0.1, 0.15) is 0 Å². The fourth-order valence-corrected chi connectivity index (χ4v) is 4.47. The van der Waals surface area contributed by atoms with Gasteiger partial charge in [-0.2, -0.15) is 0 Å². The molecule has 1 fully saturated rings. The second kappa shape index (κ2) is 4.99. The summed E-state index contributed by atoms with van der Waals surface area (Å²) in [5.74, 6) is 0.481. The highest BCUT2D eigenvalue weighted by atomic mass is 32.2. The molecular weight excluding hydrogens is 294 g/mol. The Balaban J connectivity index is 1.97. The highest BCUT2D eigenvalue weighted by Gasteiger charge is 2.24. The molecule has 4 heteroatoms. The maximum atomic E-state index is 11.7. The van der Waals surface area contributed by atoms with E-state index in [1.165, 1.54) is 27.2 Å². The Hall–Kier alpha value is -2.07. The first-order valence-electron chi connectivity index (χ1n) is 7.50. The third kappa shape index (κ3) is 2.24. The summed E-state index contributed by atoms with van der Waals surface area (Å²) in [6.07, 6.45) is 0.